The third-order valence-corrected chi connectivity index (χ3v) is 3.10. The van der Waals surface area contributed by atoms with Gasteiger partial charge in [0.15, 0.2) is 0 Å². The highest BCUT2D eigenvalue weighted by Crippen LogP contribution is 2.21. The highest BCUT2D eigenvalue weighted by Gasteiger charge is 2.13. The van der Waals surface area contributed by atoms with Crippen molar-refractivity contribution < 1.29 is 9.18 Å². The molecule has 0 atom stereocenters. The molecule has 0 unspecified atom stereocenters. The molecule has 0 radical (unpaired) electrons. The first-order chi connectivity index (χ1) is 9.52. The number of aryl methyl sites for hydroxylation is 1. The molecule has 0 fully saturated rings. The third-order valence-electron chi connectivity index (χ3n) is 2.78. The summed E-state index contributed by atoms with van der Waals surface area (Å²) >= 11 is 5.87. The molecule has 0 saturated carbocycles. The van der Waals surface area contributed by atoms with E-state index in [1.54, 1.807) is 19.1 Å². The first kappa shape index (κ1) is 14.0. The molecule has 1 amide bonds. The zero-order valence-electron chi connectivity index (χ0n) is 10.6. The predicted octanol–water partition coefficient (Wildman–Crippen LogP) is 3.91. The number of hydrogen-bond acceptors (Lipinski definition) is 2. The van der Waals surface area contributed by atoms with Gasteiger partial charge in [-0.25, -0.2) is 4.39 Å². The Hall–Kier alpha value is -2.38. The first-order valence-electron chi connectivity index (χ1n) is 5.79. The number of amides is 1. The summed E-state index contributed by atoms with van der Waals surface area (Å²) in [6, 6.07) is 11.0. The van der Waals surface area contributed by atoms with E-state index in [0.29, 0.717) is 16.8 Å². The van der Waals surface area contributed by atoms with Gasteiger partial charge in [-0.2, -0.15) is 5.26 Å². The van der Waals surface area contributed by atoms with Gasteiger partial charge in [-0.05, 0) is 36.8 Å². The number of anilines is 1. The molecule has 0 aliphatic heterocycles. The number of carbonyl (C=O) groups excluding carboxylic acids is 1. The van der Waals surface area contributed by atoms with Gasteiger partial charge in [0.2, 0.25) is 0 Å². The summed E-state index contributed by atoms with van der Waals surface area (Å²) in [4.78, 5) is 12.0. The van der Waals surface area contributed by atoms with Crippen LogP contribution in [0.3, 0.4) is 0 Å². The highest BCUT2D eigenvalue weighted by atomic mass is 35.5. The van der Waals surface area contributed by atoms with Crippen LogP contribution in [0.15, 0.2) is 36.4 Å². The molecule has 0 bridgehead atoms. The fourth-order valence-electron chi connectivity index (χ4n) is 1.70. The maximum atomic E-state index is 13.8. The number of nitrogens with zero attached hydrogens (tertiary/aromatic N) is 1. The number of hydrogen-bond donors (Lipinski definition) is 1. The Labute approximate surface area is 120 Å². The zero-order chi connectivity index (χ0) is 14.7. The molecule has 2 aromatic rings. The van der Waals surface area contributed by atoms with Gasteiger partial charge in [-0.3, -0.25) is 4.79 Å². The third kappa shape index (κ3) is 2.79. The summed E-state index contributed by atoms with van der Waals surface area (Å²) in [6.45, 7) is 1.59. The number of halogens is 2. The lowest BCUT2D eigenvalue weighted by Gasteiger charge is -2.08. The van der Waals surface area contributed by atoms with Crippen LogP contribution in [-0.4, -0.2) is 5.91 Å². The number of nitriles is 1. The van der Waals surface area contributed by atoms with E-state index in [9.17, 15) is 9.18 Å². The van der Waals surface area contributed by atoms with Gasteiger partial charge in [0.1, 0.15) is 11.9 Å². The van der Waals surface area contributed by atoms with Crippen molar-refractivity contribution in [2.45, 2.75) is 6.92 Å². The Morgan fingerprint density at radius 2 is 2.10 bits per heavy atom. The van der Waals surface area contributed by atoms with E-state index < -0.39 is 11.7 Å². The van der Waals surface area contributed by atoms with Crippen molar-refractivity contribution in [1.82, 2.24) is 0 Å². The van der Waals surface area contributed by atoms with Crippen molar-refractivity contribution in [2.75, 3.05) is 5.32 Å². The maximum Gasteiger partial charge on any atom is 0.258 e. The molecule has 0 saturated heterocycles. The van der Waals surface area contributed by atoms with E-state index in [4.69, 9.17) is 16.9 Å². The molecule has 100 valence electrons. The minimum Gasteiger partial charge on any atom is -0.322 e. The van der Waals surface area contributed by atoms with Crippen LogP contribution in [-0.2, 0) is 0 Å². The molecule has 1 N–H and O–H groups in total. The number of nitrogens with one attached hydrogen (secondary N) is 1. The minimum atomic E-state index is -0.563. The van der Waals surface area contributed by atoms with Gasteiger partial charge in [-0.15, -0.1) is 0 Å². The summed E-state index contributed by atoms with van der Waals surface area (Å²) in [7, 11) is 0. The lowest BCUT2D eigenvalue weighted by Crippen LogP contribution is -2.14. The average Bonchev–Trinajstić information content (AvgIpc) is 2.42. The van der Waals surface area contributed by atoms with Crippen molar-refractivity contribution in [3.63, 3.8) is 0 Å². The molecule has 0 aliphatic carbocycles. The van der Waals surface area contributed by atoms with E-state index in [1.807, 2.05) is 6.07 Å². The highest BCUT2D eigenvalue weighted by molar-refractivity contribution is 6.32. The van der Waals surface area contributed by atoms with Gasteiger partial charge < -0.3 is 5.32 Å². The maximum absolute atomic E-state index is 13.8. The fourth-order valence-corrected chi connectivity index (χ4v) is 1.93. The van der Waals surface area contributed by atoms with Crippen molar-refractivity contribution >= 4 is 23.2 Å². The molecule has 0 spiro atoms. The second-order valence-electron chi connectivity index (χ2n) is 4.20. The Morgan fingerprint density at radius 1 is 1.35 bits per heavy atom. The van der Waals surface area contributed by atoms with Gasteiger partial charge >= 0.3 is 0 Å². The van der Waals surface area contributed by atoms with Crippen LogP contribution in [0, 0.1) is 24.1 Å². The number of rotatable bonds is 2. The lowest BCUT2D eigenvalue weighted by atomic mass is 10.1. The summed E-state index contributed by atoms with van der Waals surface area (Å²) in [5.74, 6) is -1.11. The van der Waals surface area contributed by atoms with Crippen LogP contribution < -0.4 is 5.32 Å². The van der Waals surface area contributed by atoms with E-state index in [1.165, 1.54) is 24.3 Å². The lowest BCUT2D eigenvalue weighted by molar-refractivity contribution is 0.102. The largest absolute Gasteiger partial charge is 0.322 e. The molecule has 20 heavy (non-hydrogen) atoms. The van der Waals surface area contributed by atoms with Crippen LogP contribution in [0.2, 0.25) is 5.02 Å². The predicted molar refractivity (Wildman–Crippen MR) is 75.3 cm³/mol. The summed E-state index contributed by atoms with van der Waals surface area (Å²) in [5.41, 5.74) is 1.08. The van der Waals surface area contributed by atoms with Gasteiger partial charge in [-0.1, -0.05) is 23.7 Å². The smallest absolute Gasteiger partial charge is 0.258 e. The monoisotopic (exact) mass is 288 g/mol. The second-order valence-corrected chi connectivity index (χ2v) is 4.60. The van der Waals surface area contributed by atoms with E-state index in [2.05, 4.69) is 5.32 Å². The SMILES string of the molecule is Cc1cccc(C(=O)Nc2ccc(C#N)c(Cl)c2)c1F. The summed E-state index contributed by atoms with van der Waals surface area (Å²) in [5, 5.41) is 11.5. The molecular formula is C15H10ClFN2O. The van der Waals surface area contributed by atoms with Crippen LogP contribution in [0.4, 0.5) is 10.1 Å². The molecule has 3 nitrogen and oxygen atoms in total. The zero-order valence-corrected chi connectivity index (χ0v) is 11.3. The molecular weight excluding hydrogens is 279 g/mol. The van der Waals surface area contributed by atoms with Crippen LogP contribution in [0.25, 0.3) is 0 Å². The molecule has 5 heteroatoms. The van der Waals surface area contributed by atoms with Gasteiger partial charge in [0.05, 0.1) is 16.1 Å². The molecule has 0 heterocycles. The van der Waals surface area contributed by atoms with Crippen molar-refractivity contribution in [3.05, 3.63) is 63.9 Å². The quantitative estimate of drug-likeness (QED) is 0.911. The molecule has 0 aromatic heterocycles. The van der Waals surface area contributed by atoms with Crippen LogP contribution >= 0.6 is 11.6 Å². The summed E-state index contributed by atoms with van der Waals surface area (Å²) in [6.07, 6.45) is 0. The average molecular weight is 289 g/mol. The van der Waals surface area contributed by atoms with Crippen LogP contribution in [0.5, 0.6) is 0 Å². The minimum absolute atomic E-state index is 0.0366. The Bertz CT molecular complexity index is 722. The van der Waals surface area contributed by atoms with E-state index >= 15 is 0 Å². The summed E-state index contributed by atoms with van der Waals surface area (Å²) < 4.78 is 13.8. The fraction of sp³-hybridized carbons (Fsp3) is 0.0667. The topological polar surface area (TPSA) is 52.9 Å². The number of benzene rings is 2. The Balaban J connectivity index is 2.26. The van der Waals surface area contributed by atoms with E-state index in [-0.39, 0.29) is 10.6 Å². The van der Waals surface area contributed by atoms with E-state index in [0.717, 1.165) is 0 Å². The number of carbonyl (C=O) groups is 1. The van der Waals surface area contributed by atoms with Crippen molar-refractivity contribution in [2.24, 2.45) is 0 Å². The molecule has 2 rings (SSSR count). The first-order valence-corrected chi connectivity index (χ1v) is 6.17. The van der Waals surface area contributed by atoms with Crippen molar-refractivity contribution in [3.8, 4) is 6.07 Å². The Morgan fingerprint density at radius 3 is 2.75 bits per heavy atom. The molecule has 0 aliphatic rings. The molecule has 2 aromatic carbocycles. The van der Waals surface area contributed by atoms with Gasteiger partial charge in [0.25, 0.3) is 5.91 Å². The second kappa shape index (κ2) is 5.72. The normalized spacial score (nSPS) is 9.90. The van der Waals surface area contributed by atoms with Crippen molar-refractivity contribution in [1.29, 1.82) is 5.26 Å². The standard InChI is InChI=1S/C15H10ClFN2O/c1-9-3-2-4-12(14(9)17)15(20)19-11-6-5-10(8-18)13(16)7-11/h2-7H,1H3,(H,19,20). The van der Waals surface area contributed by atoms with Crippen LogP contribution in [0.1, 0.15) is 21.5 Å². The Kier molecular flexibility index (Phi) is 4.02. The van der Waals surface area contributed by atoms with Gasteiger partial charge in [0, 0.05) is 5.69 Å².